The highest BCUT2D eigenvalue weighted by atomic mass is 32.1. The first kappa shape index (κ1) is 14.6. The van der Waals surface area contributed by atoms with Crippen LogP contribution in [0, 0.1) is 5.92 Å². The van der Waals surface area contributed by atoms with Gasteiger partial charge in [-0.1, -0.05) is 12.1 Å². The number of aromatic nitrogens is 1. The number of benzene rings is 1. The van der Waals surface area contributed by atoms with Crippen molar-refractivity contribution in [3.63, 3.8) is 0 Å². The summed E-state index contributed by atoms with van der Waals surface area (Å²) >= 11 is 1.68. The number of rotatable bonds is 2. The van der Waals surface area contributed by atoms with Crippen molar-refractivity contribution in [1.29, 1.82) is 0 Å². The Morgan fingerprint density at radius 2 is 2.17 bits per heavy atom. The van der Waals surface area contributed by atoms with Gasteiger partial charge in [-0.15, -0.1) is 11.3 Å². The van der Waals surface area contributed by atoms with E-state index >= 15 is 0 Å². The molecule has 0 radical (unpaired) electrons. The summed E-state index contributed by atoms with van der Waals surface area (Å²) in [7, 11) is 1.77. The minimum absolute atomic E-state index is 0.0686. The third-order valence-corrected chi connectivity index (χ3v) is 5.96. The lowest BCUT2D eigenvalue weighted by Gasteiger charge is -2.25. The summed E-state index contributed by atoms with van der Waals surface area (Å²) in [5, 5.41) is 1.02. The van der Waals surface area contributed by atoms with Gasteiger partial charge in [0.2, 0.25) is 11.8 Å². The number of nitrogens with zero attached hydrogens (tertiary/aromatic N) is 3. The van der Waals surface area contributed by atoms with Gasteiger partial charge in [0.1, 0.15) is 5.01 Å². The number of hydrogen-bond donors (Lipinski definition) is 0. The molecule has 23 heavy (non-hydrogen) atoms. The van der Waals surface area contributed by atoms with Crippen molar-refractivity contribution in [1.82, 2.24) is 14.8 Å². The van der Waals surface area contributed by atoms with Gasteiger partial charge in [-0.05, 0) is 25.0 Å². The lowest BCUT2D eigenvalue weighted by atomic mass is 10.1. The van der Waals surface area contributed by atoms with Crippen molar-refractivity contribution in [3.05, 3.63) is 29.3 Å². The Morgan fingerprint density at radius 3 is 2.91 bits per heavy atom. The number of amides is 2. The third kappa shape index (κ3) is 2.51. The van der Waals surface area contributed by atoms with Crippen molar-refractivity contribution in [3.8, 4) is 0 Å². The second-order valence-electron chi connectivity index (χ2n) is 6.38. The molecule has 0 N–H and O–H groups in total. The molecule has 0 bridgehead atoms. The van der Waals surface area contributed by atoms with Gasteiger partial charge in [0, 0.05) is 26.6 Å². The average Bonchev–Trinajstić information content (AvgIpc) is 3.24. The molecule has 0 unspecified atom stereocenters. The summed E-state index contributed by atoms with van der Waals surface area (Å²) < 4.78 is 1.16. The highest BCUT2D eigenvalue weighted by molar-refractivity contribution is 7.18. The molecule has 2 aliphatic rings. The zero-order valence-corrected chi connectivity index (χ0v) is 13.9. The van der Waals surface area contributed by atoms with Gasteiger partial charge in [-0.2, -0.15) is 0 Å². The second kappa shape index (κ2) is 5.60. The number of likely N-dealkylation sites (tertiary alicyclic amines) is 2. The van der Waals surface area contributed by atoms with Crippen LogP contribution in [0.1, 0.15) is 30.3 Å². The number of hydrogen-bond acceptors (Lipinski definition) is 4. The summed E-state index contributed by atoms with van der Waals surface area (Å²) in [6.45, 7) is 1.31. The molecular formula is C17H19N3O2S. The van der Waals surface area contributed by atoms with Crippen LogP contribution in [0.5, 0.6) is 0 Å². The second-order valence-corrected chi connectivity index (χ2v) is 7.45. The third-order valence-electron chi connectivity index (χ3n) is 4.82. The fourth-order valence-electron chi connectivity index (χ4n) is 3.58. The van der Waals surface area contributed by atoms with Crippen LogP contribution in [-0.4, -0.2) is 46.7 Å². The van der Waals surface area contributed by atoms with Crippen LogP contribution in [0.25, 0.3) is 10.2 Å². The number of fused-ring (bicyclic) bond motifs is 1. The summed E-state index contributed by atoms with van der Waals surface area (Å²) in [6.07, 6.45) is 2.31. The fraction of sp³-hybridized carbons (Fsp3) is 0.471. The maximum Gasteiger partial charge on any atom is 0.228 e. The Morgan fingerprint density at radius 1 is 1.35 bits per heavy atom. The molecule has 6 heteroatoms. The Labute approximate surface area is 138 Å². The molecule has 2 aromatic rings. The minimum atomic E-state index is -0.192. The van der Waals surface area contributed by atoms with Crippen LogP contribution < -0.4 is 0 Å². The predicted molar refractivity (Wildman–Crippen MR) is 89.1 cm³/mol. The van der Waals surface area contributed by atoms with E-state index in [1.54, 1.807) is 23.3 Å². The molecule has 0 aliphatic carbocycles. The molecule has 2 saturated heterocycles. The molecule has 0 spiro atoms. The lowest BCUT2D eigenvalue weighted by Crippen LogP contribution is -2.36. The van der Waals surface area contributed by atoms with E-state index in [-0.39, 0.29) is 23.8 Å². The lowest BCUT2D eigenvalue weighted by molar-refractivity contribution is -0.136. The maximum atomic E-state index is 12.9. The molecular weight excluding hydrogens is 310 g/mol. The minimum Gasteiger partial charge on any atom is -0.345 e. The van der Waals surface area contributed by atoms with Crippen molar-refractivity contribution < 1.29 is 9.59 Å². The van der Waals surface area contributed by atoms with E-state index in [1.165, 1.54) is 0 Å². The zero-order chi connectivity index (χ0) is 16.0. The highest BCUT2D eigenvalue weighted by Gasteiger charge is 2.39. The van der Waals surface area contributed by atoms with Crippen LogP contribution in [-0.2, 0) is 9.59 Å². The first-order valence-corrected chi connectivity index (χ1v) is 8.85. The van der Waals surface area contributed by atoms with Gasteiger partial charge in [0.05, 0.1) is 22.2 Å². The van der Waals surface area contributed by atoms with E-state index in [1.807, 2.05) is 23.1 Å². The SMILES string of the molecule is CN1C[C@H](C(=O)N2CCC[C@@H]2c2nc3ccccc3s2)CC1=O. The predicted octanol–water partition coefficient (Wildman–Crippen LogP) is 2.44. The average molecular weight is 329 g/mol. The molecule has 120 valence electrons. The topological polar surface area (TPSA) is 53.5 Å². The van der Waals surface area contributed by atoms with Crippen LogP contribution in [0.4, 0.5) is 0 Å². The van der Waals surface area contributed by atoms with Gasteiger partial charge in [0.15, 0.2) is 0 Å². The highest BCUT2D eigenvalue weighted by Crippen LogP contribution is 2.37. The summed E-state index contributed by atoms with van der Waals surface area (Å²) in [5.41, 5.74) is 1.00. The van der Waals surface area contributed by atoms with Crippen LogP contribution in [0.15, 0.2) is 24.3 Å². The van der Waals surface area contributed by atoms with Gasteiger partial charge >= 0.3 is 0 Å². The van der Waals surface area contributed by atoms with Gasteiger partial charge in [-0.25, -0.2) is 4.98 Å². The smallest absolute Gasteiger partial charge is 0.228 e. The van der Waals surface area contributed by atoms with Crippen molar-refractivity contribution >= 4 is 33.4 Å². The Kier molecular flexibility index (Phi) is 3.56. The zero-order valence-electron chi connectivity index (χ0n) is 13.1. The number of carbonyl (C=O) groups excluding carboxylic acids is 2. The Hall–Kier alpha value is -1.95. The number of carbonyl (C=O) groups is 2. The monoisotopic (exact) mass is 329 g/mol. The van der Waals surface area contributed by atoms with E-state index < -0.39 is 0 Å². The van der Waals surface area contributed by atoms with E-state index in [2.05, 4.69) is 6.07 Å². The number of thiazole rings is 1. The van der Waals surface area contributed by atoms with Crippen molar-refractivity contribution in [2.75, 3.05) is 20.1 Å². The number of para-hydroxylation sites is 1. The molecule has 4 rings (SSSR count). The van der Waals surface area contributed by atoms with Crippen LogP contribution in [0.2, 0.25) is 0 Å². The van der Waals surface area contributed by atoms with Crippen molar-refractivity contribution in [2.45, 2.75) is 25.3 Å². The van der Waals surface area contributed by atoms with Gasteiger partial charge in [-0.3, -0.25) is 9.59 Å². The molecule has 0 saturated carbocycles. The van der Waals surface area contributed by atoms with E-state index in [4.69, 9.17) is 4.98 Å². The molecule has 2 fully saturated rings. The summed E-state index contributed by atoms with van der Waals surface area (Å²) in [6, 6.07) is 8.16. The molecule has 2 atom stereocenters. The van der Waals surface area contributed by atoms with Gasteiger partial charge < -0.3 is 9.80 Å². The van der Waals surface area contributed by atoms with Gasteiger partial charge in [0.25, 0.3) is 0 Å². The van der Waals surface area contributed by atoms with Crippen LogP contribution >= 0.6 is 11.3 Å². The first-order chi connectivity index (χ1) is 11.1. The largest absolute Gasteiger partial charge is 0.345 e. The summed E-state index contributed by atoms with van der Waals surface area (Å²) in [5.74, 6) is -0.00832. The molecule has 1 aromatic carbocycles. The fourth-order valence-corrected chi connectivity index (χ4v) is 4.70. The van der Waals surface area contributed by atoms with Crippen molar-refractivity contribution in [2.24, 2.45) is 5.92 Å². The molecule has 2 aliphatic heterocycles. The molecule has 1 aromatic heterocycles. The molecule has 3 heterocycles. The Balaban J connectivity index is 1.59. The normalized spacial score (nSPS) is 24.8. The first-order valence-electron chi connectivity index (χ1n) is 8.03. The van der Waals surface area contributed by atoms with E-state index in [9.17, 15) is 9.59 Å². The quantitative estimate of drug-likeness (QED) is 0.850. The summed E-state index contributed by atoms with van der Waals surface area (Å²) in [4.78, 5) is 32.9. The van der Waals surface area contributed by atoms with E-state index in [0.717, 1.165) is 34.6 Å². The standard InChI is InChI=1S/C17H19N3O2S/c1-19-10-11(9-15(19)21)17(22)20-8-4-6-13(20)16-18-12-5-2-3-7-14(12)23-16/h2-3,5,7,11,13H,4,6,8-10H2,1H3/t11-,13-/m1/s1. The Bertz CT molecular complexity index is 739. The maximum absolute atomic E-state index is 12.9. The van der Waals surface area contributed by atoms with Crippen LogP contribution in [0.3, 0.4) is 0 Å². The van der Waals surface area contributed by atoms with E-state index in [0.29, 0.717) is 13.0 Å². The molecule has 2 amide bonds. The molecule has 5 nitrogen and oxygen atoms in total.